The summed E-state index contributed by atoms with van der Waals surface area (Å²) in [4.78, 5) is 20.1. The van der Waals surface area contributed by atoms with Gasteiger partial charge >= 0.3 is 6.18 Å². The molecule has 2 heterocycles. The third kappa shape index (κ3) is 4.18. The van der Waals surface area contributed by atoms with Crippen LogP contribution in [0.2, 0.25) is 5.28 Å². The Balaban J connectivity index is 1.55. The van der Waals surface area contributed by atoms with Gasteiger partial charge in [-0.2, -0.15) is 18.2 Å². The summed E-state index contributed by atoms with van der Waals surface area (Å²) in [5.41, 5.74) is -0.746. The Hall–Kier alpha value is -3.66. The van der Waals surface area contributed by atoms with Gasteiger partial charge in [-0.25, -0.2) is 4.98 Å². The molecule has 0 atom stereocenters. The molecule has 0 saturated carbocycles. The van der Waals surface area contributed by atoms with E-state index in [-0.39, 0.29) is 28.1 Å². The zero-order valence-corrected chi connectivity index (χ0v) is 15.5. The monoisotopic (exact) mass is 434 g/mol. The first-order valence-corrected chi connectivity index (χ1v) is 8.72. The fourth-order valence-electron chi connectivity index (χ4n) is 2.61. The maximum absolute atomic E-state index is 12.8. The number of fused-ring (bicyclic) bond motifs is 1. The first-order chi connectivity index (χ1) is 14.3. The minimum atomic E-state index is -4.52. The summed E-state index contributed by atoms with van der Waals surface area (Å²) in [5.74, 6) is -0.168. The van der Waals surface area contributed by atoms with Gasteiger partial charge in [-0.1, -0.05) is 11.2 Å². The summed E-state index contributed by atoms with van der Waals surface area (Å²) in [7, 11) is 0. The number of aromatic nitrogens is 3. The number of hydrogen-bond acceptors (Lipinski definition) is 6. The zero-order chi connectivity index (χ0) is 21.3. The second kappa shape index (κ2) is 7.64. The lowest BCUT2D eigenvalue weighted by Crippen LogP contribution is -2.13. The summed E-state index contributed by atoms with van der Waals surface area (Å²) < 4.78 is 49.2. The van der Waals surface area contributed by atoms with E-state index in [1.54, 1.807) is 6.07 Å². The highest BCUT2D eigenvalue weighted by atomic mass is 35.5. The molecule has 0 saturated heterocycles. The molecule has 11 heteroatoms. The van der Waals surface area contributed by atoms with Gasteiger partial charge in [0, 0.05) is 24.0 Å². The second-order valence-corrected chi connectivity index (χ2v) is 6.33. The Morgan fingerprint density at radius 1 is 1.13 bits per heavy atom. The highest BCUT2D eigenvalue weighted by Gasteiger charge is 2.30. The lowest BCUT2D eigenvalue weighted by molar-refractivity contribution is -0.137. The van der Waals surface area contributed by atoms with E-state index < -0.39 is 17.6 Å². The highest BCUT2D eigenvalue weighted by Crippen LogP contribution is 2.31. The number of ether oxygens (including phenoxy) is 1. The fourth-order valence-corrected chi connectivity index (χ4v) is 2.75. The molecule has 1 N–H and O–H groups in total. The van der Waals surface area contributed by atoms with Crippen molar-refractivity contribution in [3.05, 3.63) is 71.3 Å². The Bertz CT molecular complexity index is 1240. The molecule has 0 radical (unpaired) electrons. The van der Waals surface area contributed by atoms with Crippen molar-refractivity contribution in [3.8, 4) is 11.6 Å². The van der Waals surface area contributed by atoms with E-state index >= 15 is 0 Å². The first-order valence-electron chi connectivity index (χ1n) is 8.34. The van der Waals surface area contributed by atoms with Gasteiger partial charge in [0.15, 0.2) is 11.3 Å². The lowest BCUT2D eigenvalue weighted by atomic mass is 10.1. The molecule has 1 amide bonds. The molecular weight excluding hydrogens is 425 g/mol. The lowest BCUT2D eigenvalue weighted by Gasteiger charge is -2.09. The summed E-state index contributed by atoms with van der Waals surface area (Å²) >= 11 is 5.71. The van der Waals surface area contributed by atoms with Crippen LogP contribution in [-0.2, 0) is 6.18 Å². The van der Waals surface area contributed by atoms with Gasteiger partial charge in [-0.3, -0.25) is 4.79 Å². The Labute approximate surface area is 171 Å². The van der Waals surface area contributed by atoms with Crippen molar-refractivity contribution in [2.75, 3.05) is 5.32 Å². The molecule has 0 aliphatic heterocycles. The number of halogens is 4. The zero-order valence-electron chi connectivity index (χ0n) is 14.8. The predicted molar refractivity (Wildman–Crippen MR) is 101 cm³/mol. The van der Waals surface area contributed by atoms with Crippen LogP contribution in [0, 0.1) is 0 Å². The molecule has 7 nitrogen and oxygen atoms in total. The quantitative estimate of drug-likeness (QED) is 0.436. The maximum Gasteiger partial charge on any atom is 0.416 e. The molecule has 0 bridgehead atoms. The van der Waals surface area contributed by atoms with Crippen molar-refractivity contribution in [2.24, 2.45) is 0 Å². The predicted octanol–water partition coefficient (Wildman–Crippen LogP) is 5.33. The minimum Gasteiger partial charge on any atom is -0.439 e. The number of hydrogen-bond donors (Lipinski definition) is 1. The van der Waals surface area contributed by atoms with Crippen LogP contribution in [-0.4, -0.2) is 21.0 Å². The molecule has 0 fully saturated rings. The number of amides is 1. The Morgan fingerprint density at radius 3 is 2.73 bits per heavy atom. The number of nitrogens with zero attached hydrogens (tertiary/aromatic N) is 3. The minimum absolute atomic E-state index is 0.0155. The van der Waals surface area contributed by atoms with Crippen LogP contribution < -0.4 is 10.1 Å². The maximum atomic E-state index is 12.8. The van der Waals surface area contributed by atoms with Crippen molar-refractivity contribution < 1.29 is 27.2 Å². The highest BCUT2D eigenvalue weighted by molar-refractivity contribution is 6.28. The number of carbonyl (C=O) groups excluding carboxylic acids is 1. The van der Waals surface area contributed by atoms with E-state index in [1.807, 2.05) is 0 Å². The largest absolute Gasteiger partial charge is 0.439 e. The summed E-state index contributed by atoms with van der Waals surface area (Å²) in [6, 6.07) is 10.4. The van der Waals surface area contributed by atoms with E-state index in [0.29, 0.717) is 11.1 Å². The summed E-state index contributed by atoms with van der Waals surface area (Å²) in [5, 5.41) is 6.47. The second-order valence-electron chi connectivity index (χ2n) is 5.99. The average Bonchev–Trinajstić information content (AvgIpc) is 3.11. The van der Waals surface area contributed by atoms with E-state index in [2.05, 4.69) is 20.4 Å². The standard InChI is InChI=1S/C19H10ClF3N4O3/c20-18-24-7-6-15(26-18)29-12-4-5-13-14(9-12)30-27-16(13)17(28)25-11-3-1-2-10(8-11)19(21,22)23/h1-9H,(H,25,28). The van der Waals surface area contributed by atoms with E-state index in [0.717, 1.165) is 12.1 Å². The van der Waals surface area contributed by atoms with Crippen LogP contribution in [0.15, 0.2) is 59.3 Å². The van der Waals surface area contributed by atoms with Crippen molar-refractivity contribution in [1.29, 1.82) is 0 Å². The smallest absolute Gasteiger partial charge is 0.416 e. The van der Waals surface area contributed by atoms with Crippen molar-refractivity contribution in [3.63, 3.8) is 0 Å². The Kier molecular flexibility index (Phi) is 5.00. The molecule has 0 spiro atoms. The van der Waals surface area contributed by atoms with Gasteiger partial charge in [0.1, 0.15) is 5.75 Å². The van der Waals surface area contributed by atoms with Crippen molar-refractivity contribution >= 4 is 34.2 Å². The van der Waals surface area contributed by atoms with Crippen LogP contribution in [0.5, 0.6) is 11.6 Å². The SMILES string of the molecule is O=C(Nc1cccc(C(F)(F)F)c1)c1noc2cc(Oc3ccnc(Cl)n3)ccc12. The third-order valence-electron chi connectivity index (χ3n) is 3.93. The number of benzene rings is 2. The van der Waals surface area contributed by atoms with Crippen molar-refractivity contribution in [1.82, 2.24) is 15.1 Å². The molecule has 2 aromatic heterocycles. The van der Waals surface area contributed by atoms with Gasteiger partial charge in [0.25, 0.3) is 5.91 Å². The van der Waals surface area contributed by atoms with Gasteiger partial charge < -0.3 is 14.6 Å². The summed E-state index contributed by atoms with van der Waals surface area (Å²) in [6.07, 6.45) is -3.10. The van der Waals surface area contributed by atoms with Crippen LogP contribution >= 0.6 is 11.6 Å². The molecule has 2 aromatic carbocycles. The Morgan fingerprint density at radius 2 is 1.97 bits per heavy atom. The van der Waals surface area contributed by atoms with Gasteiger partial charge in [0.05, 0.1) is 10.9 Å². The van der Waals surface area contributed by atoms with Crippen LogP contribution in [0.25, 0.3) is 11.0 Å². The molecule has 0 aliphatic carbocycles. The number of alkyl halides is 3. The average molecular weight is 435 g/mol. The van der Waals surface area contributed by atoms with Gasteiger partial charge in [-0.05, 0) is 41.9 Å². The molecule has 4 rings (SSSR count). The van der Waals surface area contributed by atoms with Gasteiger partial charge in [-0.15, -0.1) is 0 Å². The molecule has 152 valence electrons. The third-order valence-corrected chi connectivity index (χ3v) is 4.11. The van der Waals surface area contributed by atoms with Gasteiger partial charge in [0.2, 0.25) is 11.2 Å². The molecule has 30 heavy (non-hydrogen) atoms. The van der Waals surface area contributed by atoms with E-state index in [4.69, 9.17) is 20.9 Å². The van der Waals surface area contributed by atoms with Crippen LogP contribution in [0.4, 0.5) is 18.9 Å². The fraction of sp³-hybridized carbons (Fsp3) is 0.0526. The molecular formula is C19H10ClF3N4O3. The van der Waals surface area contributed by atoms with E-state index in [1.165, 1.54) is 36.5 Å². The summed E-state index contributed by atoms with van der Waals surface area (Å²) in [6.45, 7) is 0. The van der Waals surface area contributed by atoms with Crippen LogP contribution in [0.3, 0.4) is 0 Å². The topological polar surface area (TPSA) is 90.1 Å². The van der Waals surface area contributed by atoms with E-state index in [9.17, 15) is 18.0 Å². The molecule has 0 aliphatic rings. The normalized spacial score (nSPS) is 11.5. The number of nitrogens with one attached hydrogen (secondary N) is 1. The van der Waals surface area contributed by atoms with Crippen LogP contribution in [0.1, 0.15) is 16.1 Å². The van der Waals surface area contributed by atoms with Crippen molar-refractivity contribution in [2.45, 2.75) is 6.18 Å². The number of carbonyl (C=O) groups is 1. The number of anilines is 1. The molecule has 0 unspecified atom stereocenters. The first kappa shape index (κ1) is 19.6. The number of rotatable bonds is 4. The molecule has 4 aromatic rings.